The normalized spacial score (nSPS) is 27.7. The fraction of sp³-hybridized carbons (Fsp3) is 0.778. The molecule has 12 heavy (non-hydrogen) atoms. The Bertz CT molecular complexity index is 229. The molecule has 2 rings (SSSR count). The summed E-state index contributed by atoms with van der Waals surface area (Å²) in [4.78, 5) is 22.3. The zero-order valence-electron chi connectivity index (χ0n) is 7.01. The van der Waals surface area contributed by atoms with Gasteiger partial charge in [0.15, 0.2) is 0 Å². The summed E-state index contributed by atoms with van der Waals surface area (Å²) in [5.41, 5.74) is -0.214. The highest BCUT2D eigenvalue weighted by atomic mass is 16.2. The van der Waals surface area contributed by atoms with E-state index >= 15 is 0 Å². The van der Waals surface area contributed by atoms with Gasteiger partial charge in [0.25, 0.3) is 5.91 Å². The third kappa shape index (κ3) is 1.04. The van der Waals surface area contributed by atoms with E-state index in [9.17, 15) is 9.59 Å². The van der Waals surface area contributed by atoms with Crippen LogP contribution in [-0.4, -0.2) is 11.8 Å². The molecule has 0 N–H and O–H groups in total. The second-order valence-corrected chi connectivity index (χ2v) is 3.80. The Morgan fingerprint density at radius 1 is 1.08 bits per heavy atom. The Morgan fingerprint density at radius 3 is 2.33 bits per heavy atom. The summed E-state index contributed by atoms with van der Waals surface area (Å²) in [5, 5.41) is 3.54. The minimum atomic E-state index is -0.225. The molecule has 1 heterocycles. The maximum absolute atomic E-state index is 11.4. The lowest BCUT2D eigenvalue weighted by atomic mass is 9.78. The molecular formula is C9H12NO2. The third-order valence-corrected chi connectivity index (χ3v) is 3.06. The number of hydrogen-bond donors (Lipinski definition) is 0. The van der Waals surface area contributed by atoms with E-state index in [1.165, 1.54) is 0 Å². The molecule has 1 saturated heterocycles. The molecule has 0 aromatic heterocycles. The molecule has 65 valence electrons. The summed E-state index contributed by atoms with van der Waals surface area (Å²) in [6.07, 6.45) is 5.36. The van der Waals surface area contributed by atoms with Crippen LogP contribution in [-0.2, 0) is 9.59 Å². The fourth-order valence-electron chi connectivity index (χ4n) is 2.26. The second kappa shape index (κ2) is 2.57. The van der Waals surface area contributed by atoms with Crippen LogP contribution in [0.2, 0.25) is 0 Å². The number of carbonyl (C=O) groups is 2. The maximum atomic E-state index is 11.4. The SMILES string of the molecule is O=C1CCC2(CCCC2)C(=O)[N]1. The minimum Gasteiger partial charge on any atom is -0.273 e. The molecule has 0 aromatic rings. The summed E-state index contributed by atoms with van der Waals surface area (Å²) in [7, 11) is 0. The standard InChI is InChI=1S/C9H12NO2/c11-7-3-6-9(8(12)10-7)4-1-2-5-9/h1-6H2. The van der Waals surface area contributed by atoms with Crippen molar-refractivity contribution < 1.29 is 9.59 Å². The zero-order chi connectivity index (χ0) is 8.60. The van der Waals surface area contributed by atoms with Crippen molar-refractivity contribution in [2.24, 2.45) is 5.41 Å². The number of imide groups is 1. The molecule has 0 atom stereocenters. The summed E-state index contributed by atoms with van der Waals surface area (Å²) < 4.78 is 0. The van der Waals surface area contributed by atoms with Gasteiger partial charge in [-0.05, 0) is 19.3 Å². The molecule has 0 bridgehead atoms. The molecule has 1 spiro atoms. The highest BCUT2D eigenvalue weighted by Crippen LogP contribution is 2.43. The van der Waals surface area contributed by atoms with Gasteiger partial charge >= 0.3 is 0 Å². The summed E-state index contributed by atoms with van der Waals surface area (Å²) in [6.45, 7) is 0. The molecule has 2 fully saturated rings. The quantitative estimate of drug-likeness (QED) is 0.504. The van der Waals surface area contributed by atoms with Crippen LogP contribution >= 0.6 is 0 Å². The van der Waals surface area contributed by atoms with Crippen LogP contribution in [0.4, 0.5) is 0 Å². The van der Waals surface area contributed by atoms with E-state index in [2.05, 4.69) is 5.32 Å². The molecule has 1 saturated carbocycles. The smallest absolute Gasteiger partial charge is 0.255 e. The van der Waals surface area contributed by atoms with Gasteiger partial charge in [0.2, 0.25) is 5.91 Å². The van der Waals surface area contributed by atoms with E-state index in [4.69, 9.17) is 0 Å². The van der Waals surface area contributed by atoms with Gasteiger partial charge in [-0.15, -0.1) is 0 Å². The van der Waals surface area contributed by atoms with Crippen molar-refractivity contribution in [2.75, 3.05) is 0 Å². The molecule has 1 aliphatic carbocycles. The molecule has 1 aliphatic heterocycles. The maximum Gasteiger partial charge on any atom is 0.255 e. The lowest BCUT2D eigenvalue weighted by molar-refractivity contribution is -0.142. The average molecular weight is 166 g/mol. The second-order valence-electron chi connectivity index (χ2n) is 3.80. The average Bonchev–Trinajstić information content (AvgIpc) is 2.48. The fourth-order valence-corrected chi connectivity index (χ4v) is 2.26. The lowest BCUT2D eigenvalue weighted by Gasteiger charge is -2.29. The van der Waals surface area contributed by atoms with Gasteiger partial charge in [0, 0.05) is 6.42 Å². The van der Waals surface area contributed by atoms with Gasteiger partial charge in [0.1, 0.15) is 0 Å². The van der Waals surface area contributed by atoms with Crippen LogP contribution < -0.4 is 5.32 Å². The monoisotopic (exact) mass is 166 g/mol. The highest BCUT2D eigenvalue weighted by Gasteiger charge is 2.45. The van der Waals surface area contributed by atoms with Crippen LogP contribution in [0.1, 0.15) is 38.5 Å². The van der Waals surface area contributed by atoms with Crippen molar-refractivity contribution in [3.8, 4) is 0 Å². The molecule has 2 aliphatic rings. The van der Waals surface area contributed by atoms with Crippen molar-refractivity contribution in [2.45, 2.75) is 38.5 Å². The first-order chi connectivity index (χ1) is 5.73. The van der Waals surface area contributed by atoms with Crippen LogP contribution in [0.3, 0.4) is 0 Å². The van der Waals surface area contributed by atoms with Crippen LogP contribution in [0, 0.1) is 5.41 Å². The van der Waals surface area contributed by atoms with Gasteiger partial charge in [-0.25, -0.2) is 0 Å². The van der Waals surface area contributed by atoms with Crippen molar-refractivity contribution >= 4 is 11.8 Å². The predicted octanol–water partition coefficient (Wildman–Crippen LogP) is 0.998. The van der Waals surface area contributed by atoms with Crippen molar-refractivity contribution in [1.29, 1.82) is 0 Å². The first-order valence-electron chi connectivity index (χ1n) is 4.52. The van der Waals surface area contributed by atoms with Crippen LogP contribution in [0.15, 0.2) is 0 Å². The van der Waals surface area contributed by atoms with E-state index in [1.54, 1.807) is 0 Å². The van der Waals surface area contributed by atoms with Gasteiger partial charge < -0.3 is 0 Å². The molecular weight excluding hydrogens is 154 g/mol. The van der Waals surface area contributed by atoms with Crippen molar-refractivity contribution in [3.05, 3.63) is 0 Å². The topological polar surface area (TPSA) is 48.2 Å². The summed E-state index contributed by atoms with van der Waals surface area (Å²) in [5.74, 6) is -0.367. The van der Waals surface area contributed by atoms with E-state index < -0.39 is 0 Å². The molecule has 2 amide bonds. The number of rotatable bonds is 0. The van der Waals surface area contributed by atoms with Crippen LogP contribution in [0.5, 0.6) is 0 Å². The zero-order valence-corrected chi connectivity index (χ0v) is 7.01. The molecule has 1 radical (unpaired) electrons. The van der Waals surface area contributed by atoms with E-state index in [0.29, 0.717) is 6.42 Å². The Labute approximate surface area is 71.5 Å². The Morgan fingerprint density at radius 2 is 1.75 bits per heavy atom. The third-order valence-electron chi connectivity index (χ3n) is 3.06. The van der Waals surface area contributed by atoms with E-state index in [0.717, 1.165) is 32.1 Å². The van der Waals surface area contributed by atoms with E-state index in [-0.39, 0.29) is 17.2 Å². The molecule has 0 aromatic carbocycles. The van der Waals surface area contributed by atoms with Gasteiger partial charge in [-0.1, -0.05) is 12.8 Å². The Kier molecular flexibility index (Phi) is 1.67. The first kappa shape index (κ1) is 7.77. The summed E-state index contributed by atoms with van der Waals surface area (Å²) in [6, 6.07) is 0. The molecule has 3 nitrogen and oxygen atoms in total. The Balaban J connectivity index is 2.16. The van der Waals surface area contributed by atoms with E-state index in [1.807, 2.05) is 0 Å². The Hall–Kier alpha value is -0.860. The van der Waals surface area contributed by atoms with Gasteiger partial charge in [0.05, 0.1) is 5.41 Å². The number of nitrogens with zero attached hydrogens (tertiary/aromatic N) is 1. The predicted molar refractivity (Wildman–Crippen MR) is 42.3 cm³/mol. The first-order valence-corrected chi connectivity index (χ1v) is 4.52. The number of amides is 2. The summed E-state index contributed by atoms with van der Waals surface area (Å²) >= 11 is 0. The van der Waals surface area contributed by atoms with Crippen molar-refractivity contribution in [1.82, 2.24) is 5.32 Å². The highest BCUT2D eigenvalue weighted by molar-refractivity contribution is 6.00. The number of carbonyl (C=O) groups excluding carboxylic acids is 2. The lowest BCUT2D eigenvalue weighted by Crippen LogP contribution is -2.42. The number of hydrogen-bond acceptors (Lipinski definition) is 2. The van der Waals surface area contributed by atoms with Gasteiger partial charge in [-0.3, -0.25) is 9.59 Å². The van der Waals surface area contributed by atoms with Crippen molar-refractivity contribution in [3.63, 3.8) is 0 Å². The largest absolute Gasteiger partial charge is 0.273 e. The van der Waals surface area contributed by atoms with Gasteiger partial charge in [-0.2, -0.15) is 5.32 Å². The molecule has 0 unspecified atom stereocenters. The van der Waals surface area contributed by atoms with Crippen LogP contribution in [0.25, 0.3) is 0 Å². The number of piperidine rings is 1. The molecule has 3 heteroatoms. The minimum absolute atomic E-state index is 0.142.